The first-order valence-electron chi connectivity index (χ1n) is 5.91. The SMILES string of the molecule is COC(C(C)C)C(O)Cc1ccc(C)cc1Cl. The van der Waals surface area contributed by atoms with E-state index in [2.05, 4.69) is 0 Å². The average Bonchev–Trinajstić information content (AvgIpc) is 2.22. The van der Waals surface area contributed by atoms with Crippen LogP contribution in [0.25, 0.3) is 0 Å². The fraction of sp³-hybridized carbons (Fsp3) is 0.571. The highest BCUT2D eigenvalue weighted by Crippen LogP contribution is 2.22. The molecule has 96 valence electrons. The van der Waals surface area contributed by atoms with Gasteiger partial charge in [0.05, 0.1) is 12.2 Å². The molecule has 2 nitrogen and oxygen atoms in total. The Labute approximate surface area is 109 Å². The number of aryl methyl sites for hydroxylation is 1. The summed E-state index contributed by atoms with van der Waals surface area (Å²) in [7, 11) is 1.63. The molecule has 1 N–H and O–H groups in total. The summed E-state index contributed by atoms with van der Waals surface area (Å²) in [6.07, 6.45) is -0.164. The molecule has 0 saturated heterocycles. The zero-order chi connectivity index (χ0) is 13.0. The largest absolute Gasteiger partial charge is 0.390 e. The quantitative estimate of drug-likeness (QED) is 0.877. The van der Waals surface area contributed by atoms with E-state index in [9.17, 15) is 5.11 Å². The Bertz CT molecular complexity index is 363. The molecule has 0 fully saturated rings. The fourth-order valence-electron chi connectivity index (χ4n) is 2.03. The summed E-state index contributed by atoms with van der Waals surface area (Å²) in [6, 6.07) is 5.89. The molecule has 0 radical (unpaired) electrons. The second kappa shape index (κ2) is 6.39. The lowest BCUT2D eigenvalue weighted by Crippen LogP contribution is -2.34. The molecule has 0 aliphatic rings. The molecular formula is C14H21ClO2. The summed E-state index contributed by atoms with van der Waals surface area (Å²) < 4.78 is 5.32. The molecule has 3 heteroatoms. The van der Waals surface area contributed by atoms with Crippen LogP contribution < -0.4 is 0 Å². The van der Waals surface area contributed by atoms with Crippen LogP contribution in [-0.4, -0.2) is 24.4 Å². The Morgan fingerprint density at radius 2 is 2.00 bits per heavy atom. The number of rotatable bonds is 5. The van der Waals surface area contributed by atoms with Crippen molar-refractivity contribution in [3.63, 3.8) is 0 Å². The van der Waals surface area contributed by atoms with Crippen LogP contribution >= 0.6 is 11.6 Å². The van der Waals surface area contributed by atoms with Crippen molar-refractivity contribution in [2.75, 3.05) is 7.11 Å². The van der Waals surface area contributed by atoms with Crippen molar-refractivity contribution >= 4 is 11.6 Å². The Morgan fingerprint density at radius 1 is 1.35 bits per heavy atom. The minimum absolute atomic E-state index is 0.160. The van der Waals surface area contributed by atoms with Gasteiger partial charge in [0.2, 0.25) is 0 Å². The van der Waals surface area contributed by atoms with E-state index < -0.39 is 6.10 Å². The van der Waals surface area contributed by atoms with Crippen LogP contribution in [0, 0.1) is 12.8 Å². The van der Waals surface area contributed by atoms with Crippen LogP contribution in [0.15, 0.2) is 18.2 Å². The number of ether oxygens (including phenoxy) is 1. The van der Waals surface area contributed by atoms with Gasteiger partial charge in [0.25, 0.3) is 0 Å². The smallest absolute Gasteiger partial charge is 0.0856 e. The lowest BCUT2D eigenvalue weighted by atomic mass is 9.96. The molecule has 1 aromatic rings. The summed E-state index contributed by atoms with van der Waals surface area (Å²) >= 11 is 6.15. The maximum atomic E-state index is 10.1. The maximum Gasteiger partial charge on any atom is 0.0856 e. The third-order valence-electron chi connectivity index (χ3n) is 2.95. The van der Waals surface area contributed by atoms with Gasteiger partial charge in [-0.05, 0) is 30.0 Å². The van der Waals surface area contributed by atoms with Crippen molar-refractivity contribution in [3.05, 3.63) is 34.3 Å². The predicted molar refractivity (Wildman–Crippen MR) is 71.5 cm³/mol. The Hall–Kier alpha value is -0.570. The molecule has 0 amide bonds. The summed E-state index contributed by atoms with van der Waals surface area (Å²) in [5.74, 6) is 0.277. The van der Waals surface area contributed by atoms with Crippen LogP contribution in [0.3, 0.4) is 0 Å². The van der Waals surface area contributed by atoms with Crippen molar-refractivity contribution in [2.24, 2.45) is 5.92 Å². The van der Waals surface area contributed by atoms with Gasteiger partial charge in [0.1, 0.15) is 0 Å². The molecule has 0 aliphatic carbocycles. The zero-order valence-corrected chi connectivity index (χ0v) is 11.7. The van der Waals surface area contributed by atoms with Crippen LogP contribution in [0.1, 0.15) is 25.0 Å². The number of aliphatic hydroxyl groups excluding tert-OH is 1. The van der Waals surface area contributed by atoms with Gasteiger partial charge in [-0.3, -0.25) is 0 Å². The molecule has 0 bridgehead atoms. The van der Waals surface area contributed by atoms with E-state index in [0.717, 1.165) is 11.1 Å². The molecule has 1 rings (SSSR count). The summed E-state index contributed by atoms with van der Waals surface area (Å²) in [5, 5.41) is 10.9. The normalized spacial score (nSPS) is 15.0. The van der Waals surface area contributed by atoms with E-state index in [1.807, 2.05) is 39.0 Å². The summed E-state index contributed by atoms with van der Waals surface area (Å²) in [4.78, 5) is 0. The van der Waals surface area contributed by atoms with Gasteiger partial charge in [0, 0.05) is 18.6 Å². The van der Waals surface area contributed by atoms with Crippen molar-refractivity contribution in [2.45, 2.75) is 39.4 Å². The number of benzene rings is 1. The standard InChI is InChI=1S/C14H21ClO2/c1-9(2)14(17-4)13(16)8-11-6-5-10(3)7-12(11)15/h5-7,9,13-14,16H,8H2,1-4H3. The van der Waals surface area contributed by atoms with Gasteiger partial charge in [-0.1, -0.05) is 37.6 Å². The molecule has 0 spiro atoms. The zero-order valence-electron chi connectivity index (χ0n) is 10.9. The lowest BCUT2D eigenvalue weighted by molar-refractivity contribution is -0.0367. The van der Waals surface area contributed by atoms with Crippen molar-refractivity contribution in [1.82, 2.24) is 0 Å². The lowest BCUT2D eigenvalue weighted by Gasteiger charge is -2.25. The molecule has 17 heavy (non-hydrogen) atoms. The van der Waals surface area contributed by atoms with Crippen molar-refractivity contribution in [1.29, 1.82) is 0 Å². The van der Waals surface area contributed by atoms with Crippen LogP contribution in [0.5, 0.6) is 0 Å². The third-order valence-corrected chi connectivity index (χ3v) is 3.30. The molecular weight excluding hydrogens is 236 g/mol. The molecule has 2 atom stereocenters. The van der Waals surface area contributed by atoms with E-state index in [-0.39, 0.29) is 12.0 Å². The number of hydrogen-bond acceptors (Lipinski definition) is 2. The summed E-state index contributed by atoms with van der Waals surface area (Å²) in [5.41, 5.74) is 2.09. The topological polar surface area (TPSA) is 29.5 Å². The highest BCUT2D eigenvalue weighted by atomic mass is 35.5. The summed E-state index contributed by atoms with van der Waals surface area (Å²) in [6.45, 7) is 6.07. The molecule has 1 aromatic carbocycles. The van der Waals surface area contributed by atoms with E-state index >= 15 is 0 Å². The minimum Gasteiger partial charge on any atom is -0.390 e. The van der Waals surface area contributed by atoms with Crippen molar-refractivity contribution < 1.29 is 9.84 Å². The van der Waals surface area contributed by atoms with Gasteiger partial charge in [-0.25, -0.2) is 0 Å². The predicted octanol–water partition coefficient (Wildman–Crippen LogP) is 3.22. The number of hydrogen-bond donors (Lipinski definition) is 1. The molecule has 0 saturated carbocycles. The van der Waals surface area contributed by atoms with Gasteiger partial charge in [-0.2, -0.15) is 0 Å². The Kier molecular flexibility index (Phi) is 5.44. The second-order valence-electron chi connectivity index (χ2n) is 4.81. The van der Waals surface area contributed by atoms with Crippen LogP contribution in [0.2, 0.25) is 5.02 Å². The number of methoxy groups -OCH3 is 1. The van der Waals surface area contributed by atoms with Gasteiger partial charge < -0.3 is 9.84 Å². The van der Waals surface area contributed by atoms with Gasteiger partial charge >= 0.3 is 0 Å². The average molecular weight is 257 g/mol. The Morgan fingerprint density at radius 3 is 2.47 bits per heavy atom. The van der Waals surface area contributed by atoms with E-state index in [4.69, 9.17) is 16.3 Å². The van der Waals surface area contributed by atoms with E-state index in [1.54, 1.807) is 7.11 Å². The first-order valence-corrected chi connectivity index (χ1v) is 6.29. The number of aliphatic hydroxyl groups is 1. The molecule has 0 aromatic heterocycles. The monoisotopic (exact) mass is 256 g/mol. The minimum atomic E-state index is -0.528. The van der Waals surface area contributed by atoms with Gasteiger partial charge in [0.15, 0.2) is 0 Å². The van der Waals surface area contributed by atoms with E-state index in [1.165, 1.54) is 0 Å². The molecule has 0 aliphatic heterocycles. The van der Waals surface area contributed by atoms with E-state index in [0.29, 0.717) is 11.4 Å². The van der Waals surface area contributed by atoms with Crippen LogP contribution in [-0.2, 0) is 11.2 Å². The highest BCUT2D eigenvalue weighted by molar-refractivity contribution is 6.31. The molecule has 2 unspecified atom stereocenters. The fourth-order valence-corrected chi connectivity index (χ4v) is 2.35. The van der Waals surface area contributed by atoms with Crippen molar-refractivity contribution in [3.8, 4) is 0 Å². The second-order valence-corrected chi connectivity index (χ2v) is 5.22. The Balaban J connectivity index is 2.76. The maximum absolute atomic E-state index is 10.1. The van der Waals surface area contributed by atoms with Gasteiger partial charge in [-0.15, -0.1) is 0 Å². The highest BCUT2D eigenvalue weighted by Gasteiger charge is 2.23. The number of halogens is 1. The molecule has 0 heterocycles. The third kappa shape index (κ3) is 3.98. The first kappa shape index (κ1) is 14.5. The van der Waals surface area contributed by atoms with Crippen LogP contribution in [0.4, 0.5) is 0 Å². The first-order chi connectivity index (χ1) is 7.95.